The maximum absolute atomic E-state index is 12.6. The SMILES string of the molecule is O=C(Nc1ccc(N2CCOCC2)nc1)N1CCCC(C2OCCO2)C1. The van der Waals surface area contributed by atoms with Crippen LogP contribution in [0.5, 0.6) is 0 Å². The summed E-state index contributed by atoms with van der Waals surface area (Å²) in [6.07, 6.45) is 3.55. The molecule has 3 aliphatic heterocycles. The van der Waals surface area contributed by atoms with Gasteiger partial charge >= 0.3 is 6.03 Å². The van der Waals surface area contributed by atoms with Crippen LogP contribution in [0.25, 0.3) is 0 Å². The molecule has 0 bridgehead atoms. The van der Waals surface area contributed by atoms with E-state index in [9.17, 15) is 4.79 Å². The zero-order valence-electron chi connectivity index (χ0n) is 14.9. The van der Waals surface area contributed by atoms with Crippen molar-refractivity contribution in [2.24, 2.45) is 5.92 Å². The van der Waals surface area contributed by atoms with Gasteiger partial charge in [0, 0.05) is 32.1 Å². The van der Waals surface area contributed by atoms with Crippen LogP contribution in [0.1, 0.15) is 12.8 Å². The number of likely N-dealkylation sites (tertiary alicyclic amines) is 1. The Morgan fingerprint density at radius 1 is 1.12 bits per heavy atom. The topological polar surface area (TPSA) is 76.2 Å². The molecule has 3 saturated heterocycles. The van der Waals surface area contributed by atoms with Gasteiger partial charge in [-0.1, -0.05) is 0 Å². The van der Waals surface area contributed by atoms with E-state index in [2.05, 4.69) is 15.2 Å². The average molecular weight is 362 g/mol. The highest BCUT2D eigenvalue weighted by molar-refractivity contribution is 5.89. The van der Waals surface area contributed by atoms with Gasteiger partial charge in [0.2, 0.25) is 0 Å². The monoisotopic (exact) mass is 362 g/mol. The Bertz CT molecular complexity index is 600. The quantitative estimate of drug-likeness (QED) is 0.879. The Morgan fingerprint density at radius 2 is 1.92 bits per heavy atom. The lowest BCUT2D eigenvalue weighted by Crippen LogP contribution is -2.45. The molecular weight excluding hydrogens is 336 g/mol. The molecule has 3 aliphatic rings. The molecule has 0 radical (unpaired) electrons. The minimum absolute atomic E-state index is 0.0892. The molecule has 8 nitrogen and oxygen atoms in total. The number of hydrogen-bond donors (Lipinski definition) is 1. The Morgan fingerprint density at radius 3 is 2.65 bits per heavy atom. The number of piperidine rings is 1. The second-order valence-electron chi connectivity index (χ2n) is 6.89. The number of carbonyl (C=O) groups is 1. The van der Waals surface area contributed by atoms with Gasteiger partial charge in [-0.2, -0.15) is 0 Å². The van der Waals surface area contributed by atoms with Crippen LogP contribution in [-0.2, 0) is 14.2 Å². The smallest absolute Gasteiger partial charge is 0.321 e. The maximum Gasteiger partial charge on any atom is 0.321 e. The molecule has 0 aromatic carbocycles. The van der Waals surface area contributed by atoms with Crippen LogP contribution in [0.2, 0.25) is 0 Å². The molecule has 26 heavy (non-hydrogen) atoms. The maximum atomic E-state index is 12.6. The number of carbonyl (C=O) groups excluding carboxylic acids is 1. The second kappa shape index (κ2) is 8.20. The van der Waals surface area contributed by atoms with Crippen molar-refractivity contribution in [3.63, 3.8) is 0 Å². The summed E-state index contributed by atoms with van der Waals surface area (Å²) in [7, 11) is 0. The highest BCUT2D eigenvalue weighted by atomic mass is 16.7. The molecule has 1 unspecified atom stereocenters. The van der Waals surface area contributed by atoms with Gasteiger partial charge in [-0.25, -0.2) is 9.78 Å². The molecule has 142 valence electrons. The van der Waals surface area contributed by atoms with Crippen molar-refractivity contribution in [1.82, 2.24) is 9.88 Å². The Labute approximate surface area is 153 Å². The molecule has 0 spiro atoms. The third-order valence-corrected chi connectivity index (χ3v) is 5.11. The minimum atomic E-state index is -0.167. The normalized spacial score (nSPS) is 24.7. The molecule has 3 fully saturated rings. The van der Waals surface area contributed by atoms with Crippen LogP contribution in [0.3, 0.4) is 0 Å². The van der Waals surface area contributed by atoms with Crippen molar-refractivity contribution in [2.75, 3.05) is 62.8 Å². The zero-order chi connectivity index (χ0) is 17.8. The number of ether oxygens (including phenoxy) is 3. The first kappa shape index (κ1) is 17.5. The van der Waals surface area contributed by atoms with Crippen molar-refractivity contribution in [1.29, 1.82) is 0 Å². The molecule has 1 N–H and O–H groups in total. The van der Waals surface area contributed by atoms with E-state index in [0.29, 0.717) is 25.4 Å². The van der Waals surface area contributed by atoms with E-state index in [0.717, 1.165) is 51.5 Å². The van der Waals surface area contributed by atoms with E-state index < -0.39 is 0 Å². The van der Waals surface area contributed by atoms with Crippen LogP contribution >= 0.6 is 0 Å². The lowest BCUT2D eigenvalue weighted by atomic mass is 9.98. The standard InChI is InChI=1S/C18H26N4O4/c23-18(22-5-1-2-14(13-22)17-25-10-11-26-17)20-15-3-4-16(19-12-15)21-6-8-24-9-7-21/h3-4,12,14,17H,1-2,5-11,13H2,(H,20,23). The largest absolute Gasteiger partial charge is 0.378 e. The predicted molar refractivity (Wildman–Crippen MR) is 96.3 cm³/mol. The number of amides is 2. The molecule has 0 saturated carbocycles. The van der Waals surface area contributed by atoms with Crippen molar-refractivity contribution >= 4 is 17.5 Å². The van der Waals surface area contributed by atoms with Crippen molar-refractivity contribution in [3.05, 3.63) is 18.3 Å². The molecule has 1 aromatic heterocycles. The molecule has 0 aliphatic carbocycles. The first-order valence-electron chi connectivity index (χ1n) is 9.37. The van der Waals surface area contributed by atoms with Crippen molar-refractivity contribution in [3.8, 4) is 0 Å². The van der Waals surface area contributed by atoms with Gasteiger partial charge in [0.25, 0.3) is 0 Å². The molecule has 4 rings (SSSR count). The number of hydrogen-bond acceptors (Lipinski definition) is 6. The summed E-state index contributed by atoms with van der Waals surface area (Å²) in [5.41, 5.74) is 0.711. The van der Waals surface area contributed by atoms with Gasteiger partial charge in [-0.15, -0.1) is 0 Å². The summed E-state index contributed by atoms with van der Waals surface area (Å²) in [5, 5.41) is 2.95. The summed E-state index contributed by atoms with van der Waals surface area (Å²) >= 11 is 0. The van der Waals surface area contributed by atoms with E-state index >= 15 is 0 Å². The number of nitrogens with zero attached hydrogens (tertiary/aromatic N) is 3. The van der Waals surface area contributed by atoms with Gasteiger partial charge in [-0.3, -0.25) is 0 Å². The third kappa shape index (κ3) is 4.08. The van der Waals surface area contributed by atoms with Gasteiger partial charge in [0.15, 0.2) is 6.29 Å². The van der Waals surface area contributed by atoms with E-state index in [-0.39, 0.29) is 18.2 Å². The fourth-order valence-electron chi connectivity index (χ4n) is 3.71. The highest BCUT2D eigenvalue weighted by Gasteiger charge is 2.32. The Kier molecular flexibility index (Phi) is 5.52. The van der Waals surface area contributed by atoms with E-state index in [1.54, 1.807) is 6.20 Å². The number of rotatable bonds is 3. The molecule has 2 amide bonds. The van der Waals surface area contributed by atoms with E-state index in [4.69, 9.17) is 14.2 Å². The van der Waals surface area contributed by atoms with Gasteiger partial charge in [-0.05, 0) is 25.0 Å². The van der Waals surface area contributed by atoms with Gasteiger partial charge in [0.05, 0.1) is 38.3 Å². The second-order valence-corrected chi connectivity index (χ2v) is 6.89. The Balaban J connectivity index is 1.32. The summed E-state index contributed by atoms with van der Waals surface area (Å²) in [4.78, 5) is 21.1. The first-order chi connectivity index (χ1) is 12.8. The molecule has 1 atom stereocenters. The fraction of sp³-hybridized carbons (Fsp3) is 0.667. The highest BCUT2D eigenvalue weighted by Crippen LogP contribution is 2.25. The minimum Gasteiger partial charge on any atom is -0.378 e. The van der Waals surface area contributed by atoms with Gasteiger partial charge < -0.3 is 29.3 Å². The molecular formula is C18H26N4O4. The summed E-state index contributed by atoms with van der Waals surface area (Å²) in [6.45, 7) is 5.86. The lowest BCUT2D eigenvalue weighted by Gasteiger charge is -2.34. The van der Waals surface area contributed by atoms with Gasteiger partial charge in [0.1, 0.15) is 5.82 Å². The third-order valence-electron chi connectivity index (χ3n) is 5.11. The Hall–Kier alpha value is -1.90. The van der Waals surface area contributed by atoms with E-state index in [1.165, 1.54) is 0 Å². The van der Waals surface area contributed by atoms with Crippen LogP contribution in [0.15, 0.2) is 18.3 Å². The number of anilines is 2. The number of nitrogens with one attached hydrogen (secondary N) is 1. The van der Waals surface area contributed by atoms with Crippen LogP contribution in [0, 0.1) is 5.92 Å². The number of pyridine rings is 1. The summed E-state index contributed by atoms with van der Waals surface area (Å²) < 4.78 is 16.6. The molecule has 8 heteroatoms. The summed E-state index contributed by atoms with van der Waals surface area (Å²) in [5.74, 6) is 1.17. The first-order valence-corrected chi connectivity index (χ1v) is 9.37. The number of aromatic nitrogens is 1. The van der Waals surface area contributed by atoms with Crippen molar-refractivity contribution in [2.45, 2.75) is 19.1 Å². The molecule has 4 heterocycles. The molecule has 1 aromatic rings. The summed E-state index contributed by atoms with van der Waals surface area (Å²) in [6, 6.07) is 3.76. The van der Waals surface area contributed by atoms with Crippen LogP contribution in [0.4, 0.5) is 16.3 Å². The van der Waals surface area contributed by atoms with Crippen LogP contribution in [-0.4, -0.2) is 74.8 Å². The lowest BCUT2D eigenvalue weighted by molar-refractivity contribution is -0.0959. The van der Waals surface area contributed by atoms with E-state index in [1.807, 2.05) is 17.0 Å². The zero-order valence-corrected chi connectivity index (χ0v) is 14.9. The average Bonchev–Trinajstić information content (AvgIpc) is 3.24. The number of morpholine rings is 1. The fourth-order valence-corrected chi connectivity index (χ4v) is 3.71. The van der Waals surface area contributed by atoms with Crippen LogP contribution < -0.4 is 10.2 Å². The number of urea groups is 1. The van der Waals surface area contributed by atoms with Crippen molar-refractivity contribution < 1.29 is 19.0 Å². The predicted octanol–water partition coefficient (Wildman–Crippen LogP) is 1.53.